The molecule has 4 rings (SSSR count). The molecule has 1 saturated carbocycles. The van der Waals surface area contributed by atoms with Gasteiger partial charge in [-0.05, 0) is 30.7 Å². The number of hydrogen-bond acceptors (Lipinski definition) is 4. The van der Waals surface area contributed by atoms with Gasteiger partial charge >= 0.3 is 6.03 Å². The molecule has 1 N–H and O–H groups in total. The molecule has 1 aromatic carbocycles. The Hall–Kier alpha value is -2.61. The number of hydrazine groups is 1. The first-order valence-electron chi connectivity index (χ1n) is 12.9. The highest BCUT2D eigenvalue weighted by molar-refractivity contribution is 5.91. The first kappa shape index (κ1) is 24.5. The minimum absolute atomic E-state index is 0.0535. The monoisotopic (exact) mass is 469 g/mol. The van der Waals surface area contributed by atoms with Crippen LogP contribution in [0.15, 0.2) is 30.3 Å². The minimum Gasteiger partial charge on any atom is -0.337 e. The molecule has 2 aliphatic heterocycles. The number of urea groups is 1. The quantitative estimate of drug-likeness (QED) is 0.665. The Kier molecular flexibility index (Phi) is 8.08. The fourth-order valence-electron chi connectivity index (χ4n) is 5.68. The maximum absolute atomic E-state index is 13.6. The second-order valence-corrected chi connectivity index (χ2v) is 9.99. The first-order chi connectivity index (χ1) is 16.5. The average molecular weight is 470 g/mol. The van der Waals surface area contributed by atoms with Crippen LogP contribution in [0.25, 0.3) is 0 Å². The molecule has 8 heteroatoms. The number of nitrogens with zero attached hydrogens (tertiary/aromatic N) is 4. The molecule has 0 radical (unpaired) electrons. The Bertz CT molecular complexity index is 857. The number of amides is 4. The zero-order valence-corrected chi connectivity index (χ0v) is 20.6. The third kappa shape index (κ3) is 5.37. The Morgan fingerprint density at radius 1 is 1.09 bits per heavy atom. The zero-order valence-electron chi connectivity index (χ0n) is 20.6. The van der Waals surface area contributed by atoms with E-state index in [9.17, 15) is 14.4 Å². The summed E-state index contributed by atoms with van der Waals surface area (Å²) in [7, 11) is 1.78. The Labute approximate surface area is 203 Å². The van der Waals surface area contributed by atoms with Gasteiger partial charge in [0.2, 0.25) is 11.8 Å². The van der Waals surface area contributed by atoms with Gasteiger partial charge in [0.25, 0.3) is 0 Å². The predicted octanol–water partition coefficient (Wildman–Crippen LogP) is 3.19. The number of nitrogens with one attached hydrogen (secondary N) is 1. The summed E-state index contributed by atoms with van der Waals surface area (Å²) in [4.78, 5) is 43.8. The van der Waals surface area contributed by atoms with Crippen LogP contribution in [0.1, 0.15) is 63.9 Å². The summed E-state index contributed by atoms with van der Waals surface area (Å²) in [6.45, 7) is 3.69. The van der Waals surface area contributed by atoms with Crippen molar-refractivity contribution in [3.05, 3.63) is 35.9 Å². The molecule has 3 fully saturated rings. The average Bonchev–Trinajstić information content (AvgIpc) is 2.84. The summed E-state index contributed by atoms with van der Waals surface area (Å²) in [5.41, 5.74) is 1.02. The van der Waals surface area contributed by atoms with E-state index in [0.717, 1.165) is 37.8 Å². The van der Waals surface area contributed by atoms with Crippen molar-refractivity contribution >= 4 is 17.8 Å². The lowest BCUT2D eigenvalue weighted by atomic mass is 9.88. The van der Waals surface area contributed by atoms with Crippen LogP contribution in [0.3, 0.4) is 0 Å². The van der Waals surface area contributed by atoms with E-state index in [1.165, 1.54) is 19.3 Å². The lowest BCUT2D eigenvalue weighted by molar-refractivity contribution is -0.188. The number of carbonyl (C=O) groups excluding carboxylic acids is 3. The lowest BCUT2D eigenvalue weighted by Crippen LogP contribution is -2.76. The SMILES string of the molecule is CCCC[C@H]1C(=O)N(CC2CCCCC2)C[C@H]2N1C(=O)CN(C)N2C(=O)NCc1ccccc1. The van der Waals surface area contributed by atoms with Crippen LogP contribution < -0.4 is 5.32 Å². The van der Waals surface area contributed by atoms with Crippen molar-refractivity contribution in [1.29, 1.82) is 0 Å². The van der Waals surface area contributed by atoms with E-state index in [1.807, 2.05) is 35.2 Å². The molecular formula is C26H39N5O3. The van der Waals surface area contributed by atoms with Crippen LogP contribution >= 0.6 is 0 Å². The van der Waals surface area contributed by atoms with Gasteiger partial charge in [-0.1, -0.05) is 69.4 Å². The standard InChI is InChI=1S/C26H39N5O3/c1-3-4-15-22-25(33)29(17-21-13-9-6-10-14-21)18-23-30(22)24(32)19-28(2)31(23)26(34)27-16-20-11-7-5-8-12-20/h5,7-8,11-12,21-23H,3-4,6,9-10,13-19H2,1-2H3,(H,27,34)/t22-,23-/m0/s1. The molecule has 0 spiro atoms. The number of carbonyl (C=O) groups is 3. The molecule has 8 nitrogen and oxygen atoms in total. The Morgan fingerprint density at radius 3 is 2.53 bits per heavy atom. The molecule has 186 valence electrons. The van der Waals surface area contributed by atoms with Crippen molar-refractivity contribution in [3.8, 4) is 0 Å². The van der Waals surface area contributed by atoms with E-state index < -0.39 is 12.2 Å². The summed E-state index contributed by atoms with van der Waals surface area (Å²) in [6.07, 6.45) is 8.01. The van der Waals surface area contributed by atoms with E-state index in [2.05, 4.69) is 12.2 Å². The summed E-state index contributed by atoms with van der Waals surface area (Å²) in [5, 5.41) is 6.38. The van der Waals surface area contributed by atoms with Crippen molar-refractivity contribution in [2.45, 2.75) is 77.0 Å². The number of fused-ring (bicyclic) bond motifs is 1. The molecule has 34 heavy (non-hydrogen) atoms. The van der Waals surface area contributed by atoms with Crippen molar-refractivity contribution < 1.29 is 14.4 Å². The van der Waals surface area contributed by atoms with Gasteiger partial charge in [-0.2, -0.15) is 0 Å². The molecule has 0 aromatic heterocycles. The first-order valence-corrected chi connectivity index (χ1v) is 12.9. The Balaban J connectivity index is 1.55. The normalized spacial score (nSPS) is 24.4. The van der Waals surface area contributed by atoms with Crippen LogP contribution in [0.2, 0.25) is 0 Å². The lowest BCUT2D eigenvalue weighted by Gasteiger charge is -2.55. The van der Waals surface area contributed by atoms with Crippen molar-refractivity contribution in [1.82, 2.24) is 25.1 Å². The van der Waals surface area contributed by atoms with Crippen molar-refractivity contribution in [2.75, 3.05) is 26.7 Å². The topological polar surface area (TPSA) is 76.2 Å². The van der Waals surface area contributed by atoms with Crippen LogP contribution in [0, 0.1) is 5.92 Å². The van der Waals surface area contributed by atoms with Crippen LogP contribution in [0.5, 0.6) is 0 Å². The van der Waals surface area contributed by atoms with Gasteiger partial charge in [0, 0.05) is 20.1 Å². The predicted molar refractivity (Wildman–Crippen MR) is 130 cm³/mol. The van der Waals surface area contributed by atoms with Gasteiger partial charge in [-0.25, -0.2) is 14.8 Å². The zero-order chi connectivity index (χ0) is 24.1. The number of hydrogen-bond donors (Lipinski definition) is 1. The van der Waals surface area contributed by atoms with Crippen LogP contribution in [-0.2, 0) is 16.1 Å². The van der Waals surface area contributed by atoms with Crippen LogP contribution in [-0.4, -0.2) is 76.6 Å². The molecule has 2 atom stereocenters. The van der Waals surface area contributed by atoms with Gasteiger partial charge in [0.15, 0.2) is 0 Å². The molecule has 1 aliphatic carbocycles. The fraction of sp³-hybridized carbons (Fsp3) is 0.654. The van der Waals surface area contributed by atoms with Gasteiger partial charge in [0.05, 0.1) is 13.1 Å². The highest BCUT2D eigenvalue weighted by Crippen LogP contribution is 2.31. The molecular weight excluding hydrogens is 430 g/mol. The van der Waals surface area contributed by atoms with E-state index in [4.69, 9.17) is 0 Å². The number of likely N-dealkylation sites (N-methyl/N-ethyl adjacent to an activating group) is 1. The van der Waals surface area contributed by atoms with Crippen molar-refractivity contribution in [3.63, 3.8) is 0 Å². The Morgan fingerprint density at radius 2 is 1.82 bits per heavy atom. The number of unbranched alkanes of at least 4 members (excludes halogenated alkanes) is 1. The molecule has 2 saturated heterocycles. The summed E-state index contributed by atoms with van der Waals surface area (Å²) in [5.74, 6) is 0.484. The maximum Gasteiger partial charge on any atom is 0.334 e. The van der Waals surface area contributed by atoms with E-state index >= 15 is 0 Å². The van der Waals surface area contributed by atoms with Gasteiger partial charge < -0.3 is 15.1 Å². The van der Waals surface area contributed by atoms with Crippen LogP contribution in [0.4, 0.5) is 4.79 Å². The van der Waals surface area contributed by atoms with E-state index in [-0.39, 0.29) is 24.4 Å². The number of rotatable bonds is 7. The third-order valence-corrected chi connectivity index (χ3v) is 7.47. The number of piperazine rings is 1. The van der Waals surface area contributed by atoms with Crippen molar-refractivity contribution in [2.24, 2.45) is 5.92 Å². The summed E-state index contributed by atoms with van der Waals surface area (Å²) >= 11 is 0. The molecule has 1 aromatic rings. The third-order valence-electron chi connectivity index (χ3n) is 7.47. The van der Waals surface area contributed by atoms with E-state index in [1.54, 1.807) is 22.0 Å². The molecule has 3 aliphatic rings. The second-order valence-electron chi connectivity index (χ2n) is 9.99. The van der Waals surface area contributed by atoms with E-state index in [0.29, 0.717) is 25.4 Å². The highest BCUT2D eigenvalue weighted by atomic mass is 16.2. The van der Waals surface area contributed by atoms with Gasteiger partial charge in [0.1, 0.15) is 12.2 Å². The smallest absolute Gasteiger partial charge is 0.334 e. The van der Waals surface area contributed by atoms with Gasteiger partial charge in [-0.3, -0.25) is 9.59 Å². The summed E-state index contributed by atoms with van der Waals surface area (Å²) in [6, 6.07) is 9.06. The largest absolute Gasteiger partial charge is 0.337 e. The van der Waals surface area contributed by atoms with Gasteiger partial charge in [-0.15, -0.1) is 0 Å². The highest BCUT2D eigenvalue weighted by Gasteiger charge is 2.50. The maximum atomic E-state index is 13.6. The molecule has 4 amide bonds. The molecule has 0 bridgehead atoms. The molecule has 2 heterocycles. The fourth-order valence-corrected chi connectivity index (χ4v) is 5.68. The summed E-state index contributed by atoms with van der Waals surface area (Å²) < 4.78 is 0. The molecule has 0 unspecified atom stereocenters. The number of benzene rings is 1. The minimum atomic E-state index is -0.493. The second kappa shape index (κ2) is 11.2.